The fraction of sp³-hybridized carbons (Fsp3) is 0.261. The number of Topliss-reactive ketones (excluding diaryl/α,β-unsaturated/α-hetero) is 6. The van der Waals surface area contributed by atoms with Gasteiger partial charge in [0.25, 0.3) is 0 Å². The number of para-hydroxylation sites is 1. The van der Waals surface area contributed by atoms with Gasteiger partial charge in [-0.2, -0.15) is 0 Å². The van der Waals surface area contributed by atoms with Gasteiger partial charge in [-0.25, -0.2) is 0 Å². The Bertz CT molecular complexity index is 5860. The van der Waals surface area contributed by atoms with Crippen LogP contribution in [0.25, 0.3) is 100 Å². The second-order valence-electron chi connectivity index (χ2n) is 32.6. The third-order valence-electron chi connectivity index (χ3n) is 24.2. The van der Waals surface area contributed by atoms with E-state index in [0.29, 0.717) is 138 Å². The lowest BCUT2D eigenvalue weighted by Gasteiger charge is -2.42. The van der Waals surface area contributed by atoms with Gasteiger partial charge in [0.15, 0.2) is 34.7 Å². The molecule has 2 atom stereocenters. The van der Waals surface area contributed by atoms with Crippen molar-refractivity contribution in [2.24, 2.45) is 5.92 Å². The van der Waals surface area contributed by atoms with Crippen LogP contribution in [0.3, 0.4) is 0 Å². The number of allylic oxidation sites excluding steroid dienone is 6. The van der Waals surface area contributed by atoms with Crippen LogP contribution < -0.4 is 9.47 Å². The van der Waals surface area contributed by atoms with Crippen molar-refractivity contribution in [2.75, 3.05) is 13.2 Å². The Morgan fingerprint density at radius 3 is 1.70 bits per heavy atom. The van der Waals surface area contributed by atoms with E-state index >= 15 is 9.59 Å². The Labute approximate surface area is 703 Å². The monoisotopic (exact) mass is 1570 g/mol. The van der Waals surface area contributed by atoms with Crippen LogP contribution in [0.15, 0.2) is 267 Å². The van der Waals surface area contributed by atoms with Crippen LogP contribution in [0, 0.1) is 18.3 Å². The summed E-state index contributed by atoms with van der Waals surface area (Å²) in [6, 6.07) is 73.0. The van der Waals surface area contributed by atoms with Crippen molar-refractivity contribution >= 4 is 34.7 Å². The zero-order valence-electron chi connectivity index (χ0n) is 70.1. The summed E-state index contributed by atoms with van der Waals surface area (Å²) in [6.07, 6.45) is 31.8. The number of ether oxygens (including phenoxy) is 2. The largest absolute Gasteiger partial charge is 0.489 e. The van der Waals surface area contributed by atoms with Gasteiger partial charge >= 0.3 is 0 Å². The number of terminal acetylenes is 1. The quantitative estimate of drug-likeness (QED) is 0.0239. The molecule has 0 radical (unpaired) electrons. The third kappa shape index (κ3) is 17.1. The van der Waals surface area contributed by atoms with Crippen LogP contribution in [0.4, 0.5) is 0 Å². The van der Waals surface area contributed by atoms with Crippen molar-refractivity contribution in [1.82, 2.24) is 0 Å². The van der Waals surface area contributed by atoms with E-state index in [1.807, 2.05) is 144 Å². The first-order valence-corrected chi connectivity index (χ1v) is 42.7. The average Bonchev–Trinajstić information content (AvgIpc) is 1.47. The molecule has 0 heterocycles. The van der Waals surface area contributed by atoms with Gasteiger partial charge in [-0.3, -0.25) is 28.8 Å². The van der Waals surface area contributed by atoms with Gasteiger partial charge in [-0.1, -0.05) is 272 Å². The minimum absolute atomic E-state index is 0.0150. The van der Waals surface area contributed by atoms with E-state index in [9.17, 15) is 19.2 Å². The first-order valence-electron chi connectivity index (χ1n) is 42.7. The van der Waals surface area contributed by atoms with Gasteiger partial charge in [0, 0.05) is 92.1 Å². The minimum Gasteiger partial charge on any atom is -0.489 e. The maximum absolute atomic E-state index is 16.4. The molecule has 11 aromatic rings. The molecule has 3 aliphatic carbocycles. The van der Waals surface area contributed by atoms with Crippen molar-refractivity contribution in [3.05, 3.63) is 323 Å². The Kier molecular flexibility index (Phi) is 26.1. The van der Waals surface area contributed by atoms with E-state index in [2.05, 4.69) is 141 Å². The lowest BCUT2D eigenvalue weighted by molar-refractivity contribution is 0.0937. The smallest absolute Gasteiger partial charge is 0.166 e. The van der Waals surface area contributed by atoms with Gasteiger partial charge in [-0.15, -0.1) is 6.42 Å². The summed E-state index contributed by atoms with van der Waals surface area (Å²) >= 11 is 0. The number of carbonyl (C=O) groups excluding carboxylic acids is 6. The summed E-state index contributed by atoms with van der Waals surface area (Å²) in [5, 5.41) is 0. The predicted octanol–water partition coefficient (Wildman–Crippen LogP) is 28.5. The van der Waals surface area contributed by atoms with Crippen molar-refractivity contribution in [1.29, 1.82) is 0 Å². The standard InChI is InChI=1S/C111H106O8/c1-11-15-54-101(116)86-47-30-29-46-83(86)96-69-97(106(88-49-32-31-48-87(88)99(114)14-4)107(109(117)72(7)8)104(96)79-57-55-76(56-58-79)100(115)37-12-2)85-61-59-80(73(9)112)66-94(85)90-51-35-50-89(102(90)74(10)113)92-53-36-52-91(110(92)118-65-13-3)84-62-60-82(119-70-71(5)6)67-95(84)98-68-93(75-38-27-28-39-75)103(77-40-21-18-22-41-77)105(78-42-23-19-24-43-78)108(98)111(63-33-16-17-34-64-111)81-44-25-20-26-45-81/h3,16-23,25-27,29-32,35-36,38,40-41,44-53,55-62,66-69,72,75,78H,5,11-12,14-15,24,28,33-34,37,39,42-43,54,63-65,70H2,1-2,4,6-10H3. The highest BCUT2D eigenvalue weighted by molar-refractivity contribution is 6.20. The second-order valence-corrected chi connectivity index (χ2v) is 32.6. The molecule has 11 aromatic carbocycles. The summed E-state index contributed by atoms with van der Waals surface area (Å²) in [7, 11) is 0. The molecular weight excluding hydrogens is 1460 g/mol. The number of unbranched alkanes of at least 4 members (excludes halogenated alkanes) is 1. The van der Waals surface area contributed by atoms with Crippen LogP contribution in [0.2, 0.25) is 0 Å². The number of benzene rings is 11. The molecule has 14 rings (SSSR count). The molecule has 8 nitrogen and oxygen atoms in total. The maximum atomic E-state index is 16.4. The fourth-order valence-corrected chi connectivity index (χ4v) is 18.6. The molecule has 0 saturated heterocycles. The number of carbonyl (C=O) groups is 6. The second kappa shape index (κ2) is 37.4. The average molecular weight is 1570 g/mol. The number of hydrogen-bond donors (Lipinski definition) is 0. The maximum Gasteiger partial charge on any atom is 0.166 e. The lowest BCUT2D eigenvalue weighted by Crippen LogP contribution is -2.31. The third-order valence-corrected chi connectivity index (χ3v) is 24.2. The molecule has 119 heavy (non-hydrogen) atoms. The van der Waals surface area contributed by atoms with E-state index < -0.39 is 11.3 Å². The minimum atomic E-state index is -0.627. The van der Waals surface area contributed by atoms with E-state index in [4.69, 9.17) is 15.9 Å². The highest BCUT2D eigenvalue weighted by atomic mass is 16.5. The number of rotatable bonds is 31. The van der Waals surface area contributed by atoms with Gasteiger partial charge in [0.05, 0.1) is 0 Å². The van der Waals surface area contributed by atoms with E-state index in [1.54, 1.807) is 31.2 Å². The van der Waals surface area contributed by atoms with Crippen molar-refractivity contribution in [2.45, 2.75) is 169 Å². The molecule has 598 valence electrons. The molecule has 0 aliphatic heterocycles. The molecule has 8 heteroatoms. The molecular formula is C111H106O8. The Balaban J connectivity index is 1.09. The summed E-state index contributed by atoms with van der Waals surface area (Å²) < 4.78 is 14.0. The molecule has 0 bridgehead atoms. The van der Waals surface area contributed by atoms with Crippen LogP contribution in [0.1, 0.15) is 248 Å². The molecule has 2 unspecified atom stereocenters. The molecule has 0 spiro atoms. The van der Waals surface area contributed by atoms with E-state index in [1.165, 1.54) is 40.3 Å². The topological polar surface area (TPSA) is 121 Å². The van der Waals surface area contributed by atoms with Crippen molar-refractivity contribution in [3.63, 3.8) is 0 Å². The summed E-state index contributed by atoms with van der Waals surface area (Å²) in [6.45, 7) is 19.1. The molecule has 0 amide bonds. The van der Waals surface area contributed by atoms with E-state index in [0.717, 1.165) is 92.0 Å². The highest BCUT2D eigenvalue weighted by Crippen LogP contribution is 2.59. The number of hydrogen-bond acceptors (Lipinski definition) is 8. The fourth-order valence-electron chi connectivity index (χ4n) is 18.6. The van der Waals surface area contributed by atoms with Crippen LogP contribution in [-0.4, -0.2) is 47.9 Å². The lowest BCUT2D eigenvalue weighted by atomic mass is 9.61. The Morgan fingerprint density at radius 2 is 1.07 bits per heavy atom. The highest BCUT2D eigenvalue weighted by Gasteiger charge is 2.43. The predicted molar refractivity (Wildman–Crippen MR) is 489 cm³/mol. The zero-order valence-corrected chi connectivity index (χ0v) is 70.1. The number of ketones is 6. The molecule has 0 saturated carbocycles. The van der Waals surface area contributed by atoms with Gasteiger partial charge < -0.3 is 9.47 Å². The Morgan fingerprint density at radius 1 is 0.479 bits per heavy atom. The molecule has 0 aromatic heterocycles. The molecule has 0 N–H and O–H groups in total. The van der Waals surface area contributed by atoms with Crippen LogP contribution >= 0.6 is 0 Å². The zero-order chi connectivity index (χ0) is 83.4. The van der Waals surface area contributed by atoms with Crippen LogP contribution in [0.5, 0.6) is 11.5 Å². The summed E-state index contributed by atoms with van der Waals surface area (Å²) in [4.78, 5) is 90.0. The SMILES string of the molecule is C#CCOc1c(-c2ccc(OCC(=C)C)cc2-c2cc(C3C=CCC3)c(-c3ccccc3)c(C3CC=CCC3)c2C2(c3ccccc3)CCC=CCC2)cccc1-c1cccc(-c2cc(C(C)=O)ccc2-c2cc(-c3ccccc3C(=O)CCCC)c(-c3ccc(C(=O)CCC)cc3)c(C(=O)C(C)C)c2-c2ccccc2C(=O)CC)c1C(C)=O. The summed E-state index contributed by atoms with van der Waals surface area (Å²) in [5.41, 5.74) is 20.5. The van der Waals surface area contributed by atoms with Gasteiger partial charge in [-0.05, 0) is 239 Å². The van der Waals surface area contributed by atoms with E-state index in [-0.39, 0.29) is 66.0 Å². The first-order chi connectivity index (χ1) is 57.9. The Hall–Kier alpha value is -12.4. The van der Waals surface area contributed by atoms with Crippen LogP contribution in [-0.2, 0) is 5.41 Å². The van der Waals surface area contributed by atoms with Gasteiger partial charge in [0.1, 0.15) is 24.7 Å². The van der Waals surface area contributed by atoms with Crippen molar-refractivity contribution in [3.8, 4) is 124 Å². The normalized spacial score (nSPS) is 14.8. The summed E-state index contributed by atoms with van der Waals surface area (Å²) in [5.74, 6) is 2.60. The first kappa shape index (κ1) is 83.1. The molecule has 3 aliphatic rings. The molecule has 0 fully saturated rings. The van der Waals surface area contributed by atoms with Crippen molar-refractivity contribution < 1.29 is 38.2 Å². The van der Waals surface area contributed by atoms with Gasteiger partial charge in [0.2, 0.25) is 0 Å².